The van der Waals surface area contributed by atoms with Crippen molar-refractivity contribution in [2.24, 2.45) is 0 Å². The van der Waals surface area contributed by atoms with Gasteiger partial charge in [0, 0.05) is 23.6 Å². The van der Waals surface area contributed by atoms with Gasteiger partial charge in [0.05, 0.1) is 10.0 Å². The lowest BCUT2D eigenvalue weighted by atomic mass is 10.1. The molecular formula is C20H16Cl2N4O. The molecule has 1 aliphatic rings. The number of nitrogens with zero attached hydrogens (tertiary/aromatic N) is 3. The van der Waals surface area contributed by atoms with Crippen molar-refractivity contribution in [1.82, 2.24) is 9.97 Å². The van der Waals surface area contributed by atoms with Crippen LogP contribution in [-0.2, 0) is 6.42 Å². The lowest BCUT2D eigenvalue weighted by molar-refractivity contribution is 0.102. The molecule has 1 aromatic heterocycles. The van der Waals surface area contributed by atoms with Crippen molar-refractivity contribution in [3.8, 4) is 0 Å². The van der Waals surface area contributed by atoms with E-state index in [4.69, 9.17) is 23.2 Å². The van der Waals surface area contributed by atoms with E-state index in [1.54, 1.807) is 30.5 Å². The van der Waals surface area contributed by atoms with E-state index in [2.05, 4.69) is 33.2 Å². The fourth-order valence-corrected chi connectivity index (χ4v) is 3.53. The molecule has 7 heteroatoms. The number of carbonyl (C=O) groups excluding carboxylic acids is 1. The van der Waals surface area contributed by atoms with Gasteiger partial charge in [-0.1, -0.05) is 41.4 Å². The van der Waals surface area contributed by atoms with Crippen molar-refractivity contribution in [2.75, 3.05) is 10.2 Å². The Hall–Kier alpha value is -2.63. The number of nitrogens with one attached hydrogen (secondary N) is 1. The molecule has 1 N–H and O–H groups in total. The van der Waals surface area contributed by atoms with E-state index >= 15 is 0 Å². The Morgan fingerprint density at radius 2 is 1.96 bits per heavy atom. The van der Waals surface area contributed by atoms with Crippen LogP contribution in [-0.4, -0.2) is 21.9 Å². The van der Waals surface area contributed by atoms with E-state index in [9.17, 15) is 4.79 Å². The molecule has 0 fully saturated rings. The molecule has 3 aromatic rings. The van der Waals surface area contributed by atoms with Crippen LogP contribution >= 0.6 is 23.2 Å². The van der Waals surface area contributed by atoms with Crippen LogP contribution in [0.25, 0.3) is 0 Å². The van der Waals surface area contributed by atoms with E-state index in [1.165, 1.54) is 5.56 Å². The number of para-hydroxylation sites is 1. The van der Waals surface area contributed by atoms with Gasteiger partial charge in [0.15, 0.2) is 0 Å². The summed E-state index contributed by atoms with van der Waals surface area (Å²) < 4.78 is 0. The molecule has 0 saturated carbocycles. The molecule has 2 aromatic carbocycles. The van der Waals surface area contributed by atoms with Crippen LogP contribution < -0.4 is 10.2 Å². The zero-order chi connectivity index (χ0) is 19.0. The molecule has 0 bridgehead atoms. The molecule has 0 aliphatic carbocycles. The number of carbonyl (C=O) groups is 1. The van der Waals surface area contributed by atoms with Gasteiger partial charge in [-0.2, -0.15) is 0 Å². The molecule has 1 aliphatic heterocycles. The van der Waals surface area contributed by atoms with Gasteiger partial charge >= 0.3 is 0 Å². The minimum Gasteiger partial charge on any atom is -0.321 e. The van der Waals surface area contributed by atoms with E-state index in [1.807, 2.05) is 18.2 Å². The van der Waals surface area contributed by atoms with Gasteiger partial charge in [-0.3, -0.25) is 4.79 Å². The summed E-state index contributed by atoms with van der Waals surface area (Å²) in [4.78, 5) is 23.5. The lowest BCUT2D eigenvalue weighted by Crippen LogP contribution is -2.26. The molecule has 0 saturated heterocycles. The van der Waals surface area contributed by atoms with Crippen molar-refractivity contribution in [3.05, 3.63) is 76.0 Å². The van der Waals surface area contributed by atoms with Crippen molar-refractivity contribution in [2.45, 2.75) is 19.4 Å². The molecule has 5 nitrogen and oxygen atoms in total. The zero-order valence-electron chi connectivity index (χ0n) is 14.5. The standard InChI is InChI=1S/C20H16Cl2N4O/c1-12-10-13-4-2-3-5-18(13)26(12)20-23-9-8-17(25-20)19(27)24-14-6-7-15(21)16(22)11-14/h2-9,11-12H,10H2,1H3,(H,24,27). The maximum atomic E-state index is 12.6. The third-order valence-corrected chi connectivity index (χ3v) is 5.21. The maximum absolute atomic E-state index is 12.6. The Morgan fingerprint density at radius 1 is 1.15 bits per heavy atom. The highest BCUT2D eigenvalue weighted by Crippen LogP contribution is 2.36. The molecule has 2 heterocycles. The first-order valence-corrected chi connectivity index (χ1v) is 9.25. The molecular weight excluding hydrogens is 383 g/mol. The summed E-state index contributed by atoms with van der Waals surface area (Å²) >= 11 is 11.9. The monoisotopic (exact) mass is 398 g/mol. The molecule has 136 valence electrons. The second-order valence-corrected chi connectivity index (χ2v) is 7.19. The van der Waals surface area contributed by atoms with E-state index in [-0.39, 0.29) is 17.6 Å². The van der Waals surface area contributed by atoms with Gasteiger partial charge in [0.1, 0.15) is 5.69 Å². The third-order valence-electron chi connectivity index (χ3n) is 4.48. The number of rotatable bonds is 3. The normalized spacial score (nSPS) is 15.5. The number of amides is 1. The first-order valence-electron chi connectivity index (χ1n) is 8.49. The van der Waals surface area contributed by atoms with Gasteiger partial charge in [0.25, 0.3) is 5.91 Å². The van der Waals surface area contributed by atoms with Crippen molar-refractivity contribution in [3.63, 3.8) is 0 Å². The number of hydrogen-bond acceptors (Lipinski definition) is 4. The number of halogens is 2. The fraction of sp³-hybridized carbons (Fsp3) is 0.150. The minimum absolute atomic E-state index is 0.218. The third kappa shape index (κ3) is 3.48. The maximum Gasteiger partial charge on any atom is 0.274 e. The van der Waals surface area contributed by atoms with E-state index in [0.717, 1.165) is 12.1 Å². The molecule has 27 heavy (non-hydrogen) atoms. The minimum atomic E-state index is -0.336. The van der Waals surface area contributed by atoms with Crippen molar-refractivity contribution >= 4 is 46.4 Å². The predicted molar refractivity (Wildman–Crippen MR) is 108 cm³/mol. The zero-order valence-corrected chi connectivity index (χ0v) is 16.0. The molecule has 0 radical (unpaired) electrons. The summed E-state index contributed by atoms with van der Waals surface area (Å²) in [6, 6.07) is 14.9. The molecule has 1 atom stereocenters. The molecule has 0 spiro atoms. The van der Waals surface area contributed by atoms with Gasteiger partial charge in [-0.05, 0) is 49.2 Å². The predicted octanol–water partition coefficient (Wildman–Crippen LogP) is 5.12. The Labute approximate surface area is 167 Å². The summed E-state index contributed by atoms with van der Waals surface area (Å²) in [5.41, 5.74) is 3.16. The second-order valence-electron chi connectivity index (χ2n) is 6.38. The summed E-state index contributed by atoms with van der Waals surface area (Å²) in [7, 11) is 0. The average Bonchev–Trinajstić information content (AvgIpc) is 3.00. The summed E-state index contributed by atoms with van der Waals surface area (Å²) in [6.45, 7) is 2.12. The van der Waals surface area contributed by atoms with Crippen LogP contribution in [0, 0.1) is 0 Å². The van der Waals surface area contributed by atoms with Crippen LogP contribution in [0.5, 0.6) is 0 Å². The molecule has 1 amide bonds. The topological polar surface area (TPSA) is 58.1 Å². The average molecular weight is 399 g/mol. The van der Waals surface area contributed by atoms with Crippen LogP contribution in [0.3, 0.4) is 0 Å². The fourth-order valence-electron chi connectivity index (χ4n) is 3.23. The van der Waals surface area contributed by atoms with Gasteiger partial charge in [0.2, 0.25) is 5.95 Å². The van der Waals surface area contributed by atoms with Gasteiger partial charge < -0.3 is 10.2 Å². The number of hydrogen-bond donors (Lipinski definition) is 1. The lowest BCUT2D eigenvalue weighted by Gasteiger charge is -2.22. The smallest absolute Gasteiger partial charge is 0.274 e. The largest absolute Gasteiger partial charge is 0.321 e. The van der Waals surface area contributed by atoms with Crippen LogP contribution in [0.1, 0.15) is 23.0 Å². The number of benzene rings is 2. The number of anilines is 3. The number of aromatic nitrogens is 2. The van der Waals surface area contributed by atoms with E-state index < -0.39 is 0 Å². The van der Waals surface area contributed by atoms with Gasteiger partial charge in [-0.15, -0.1) is 0 Å². The highest BCUT2D eigenvalue weighted by molar-refractivity contribution is 6.42. The number of fused-ring (bicyclic) bond motifs is 1. The SMILES string of the molecule is CC1Cc2ccccc2N1c1nccc(C(=O)Nc2ccc(Cl)c(Cl)c2)n1. The van der Waals surface area contributed by atoms with E-state index in [0.29, 0.717) is 21.7 Å². The quantitative estimate of drug-likeness (QED) is 0.664. The van der Waals surface area contributed by atoms with Crippen LogP contribution in [0.4, 0.5) is 17.3 Å². The summed E-state index contributed by atoms with van der Waals surface area (Å²) in [5.74, 6) is 0.173. The Morgan fingerprint density at radius 3 is 2.78 bits per heavy atom. The van der Waals surface area contributed by atoms with Crippen molar-refractivity contribution < 1.29 is 4.79 Å². The first kappa shape index (κ1) is 17.8. The summed E-state index contributed by atoms with van der Waals surface area (Å²) in [6.07, 6.45) is 2.51. The molecule has 1 unspecified atom stereocenters. The van der Waals surface area contributed by atoms with Crippen LogP contribution in [0.15, 0.2) is 54.7 Å². The first-order chi connectivity index (χ1) is 13.0. The highest BCUT2D eigenvalue weighted by Gasteiger charge is 2.29. The highest BCUT2D eigenvalue weighted by atomic mass is 35.5. The Bertz CT molecular complexity index is 1020. The molecule has 4 rings (SSSR count). The Kier molecular flexibility index (Phi) is 4.72. The van der Waals surface area contributed by atoms with Gasteiger partial charge in [-0.25, -0.2) is 9.97 Å². The van der Waals surface area contributed by atoms with Crippen LogP contribution in [0.2, 0.25) is 10.0 Å². The summed E-state index contributed by atoms with van der Waals surface area (Å²) in [5, 5.41) is 3.59. The second kappa shape index (κ2) is 7.18. The Balaban J connectivity index is 1.61. The van der Waals surface area contributed by atoms with Crippen molar-refractivity contribution in [1.29, 1.82) is 0 Å².